The lowest BCUT2D eigenvalue weighted by Gasteiger charge is -2.14. The van der Waals surface area contributed by atoms with Gasteiger partial charge in [0.05, 0.1) is 19.9 Å². The number of rotatable bonds is 4. The molecule has 2 aliphatic rings. The Morgan fingerprint density at radius 3 is 2.47 bits per heavy atom. The van der Waals surface area contributed by atoms with Crippen molar-refractivity contribution in [2.24, 2.45) is 0 Å². The third kappa shape index (κ3) is 2.76. The molecule has 5 rings (SSSR count). The van der Waals surface area contributed by atoms with E-state index in [0.717, 1.165) is 48.3 Å². The van der Waals surface area contributed by atoms with Crippen molar-refractivity contribution in [1.29, 1.82) is 0 Å². The van der Waals surface area contributed by atoms with E-state index in [1.165, 1.54) is 6.07 Å². The van der Waals surface area contributed by atoms with Gasteiger partial charge in [-0.3, -0.25) is 4.79 Å². The lowest BCUT2D eigenvalue weighted by Crippen LogP contribution is -2.28. The monoisotopic (exact) mass is 407 g/mol. The van der Waals surface area contributed by atoms with Gasteiger partial charge >= 0.3 is 0 Å². The number of methoxy groups -OCH3 is 2. The second-order valence-electron chi connectivity index (χ2n) is 7.58. The third-order valence-electron chi connectivity index (χ3n) is 5.89. The van der Waals surface area contributed by atoms with E-state index in [1.807, 2.05) is 17.0 Å². The summed E-state index contributed by atoms with van der Waals surface area (Å²) in [6.07, 6.45) is 2.53. The number of aromatic nitrogens is 2. The van der Waals surface area contributed by atoms with Crippen LogP contribution in [-0.4, -0.2) is 47.9 Å². The van der Waals surface area contributed by atoms with Gasteiger partial charge in [0, 0.05) is 30.6 Å². The summed E-state index contributed by atoms with van der Waals surface area (Å²) in [5.74, 6) is 0.722. The molecule has 154 valence electrons. The average molecular weight is 407 g/mol. The van der Waals surface area contributed by atoms with Crippen molar-refractivity contribution < 1.29 is 18.7 Å². The summed E-state index contributed by atoms with van der Waals surface area (Å²) in [6, 6.07) is 10.3. The molecule has 0 unspecified atom stereocenters. The molecular formula is C23H22FN3O3. The second kappa shape index (κ2) is 7.16. The first kappa shape index (κ1) is 18.7. The van der Waals surface area contributed by atoms with Crippen molar-refractivity contribution in [2.45, 2.75) is 19.3 Å². The highest BCUT2D eigenvalue weighted by Gasteiger charge is 2.35. The molecule has 2 heterocycles. The number of halogens is 1. The smallest absolute Gasteiger partial charge is 0.274 e. The van der Waals surface area contributed by atoms with Gasteiger partial charge < -0.3 is 14.4 Å². The molecule has 7 heteroatoms. The van der Waals surface area contributed by atoms with Crippen molar-refractivity contribution in [3.05, 3.63) is 59.0 Å². The van der Waals surface area contributed by atoms with Crippen LogP contribution in [-0.2, 0) is 6.42 Å². The van der Waals surface area contributed by atoms with E-state index in [4.69, 9.17) is 9.47 Å². The van der Waals surface area contributed by atoms with E-state index in [2.05, 4.69) is 5.10 Å². The van der Waals surface area contributed by atoms with Gasteiger partial charge in [-0.05, 0) is 42.7 Å². The van der Waals surface area contributed by atoms with Crippen molar-refractivity contribution in [3.63, 3.8) is 0 Å². The fourth-order valence-corrected chi connectivity index (χ4v) is 4.41. The normalized spacial score (nSPS) is 14.6. The molecule has 1 aliphatic heterocycles. The molecule has 30 heavy (non-hydrogen) atoms. The Balaban J connectivity index is 1.73. The number of hydrogen-bond acceptors (Lipinski definition) is 4. The number of para-hydroxylation sites is 1. The molecule has 1 saturated heterocycles. The van der Waals surface area contributed by atoms with Gasteiger partial charge in [-0.1, -0.05) is 12.1 Å². The molecule has 0 saturated carbocycles. The third-order valence-corrected chi connectivity index (χ3v) is 5.89. The minimum atomic E-state index is -0.392. The topological polar surface area (TPSA) is 56.6 Å². The molecule has 1 aliphatic carbocycles. The van der Waals surface area contributed by atoms with Gasteiger partial charge in [0.2, 0.25) is 0 Å². The van der Waals surface area contributed by atoms with Crippen molar-refractivity contribution in [1.82, 2.24) is 14.7 Å². The van der Waals surface area contributed by atoms with Gasteiger partial charge in [-0.15, -0.1) is 0 Å². The first-order valence-corrected chi connectivity index (χ1v) is 10.0. The number of fused-ring (bicyclic) bond motifs is 3. The lowest BCUT2D eigenvalue weighted by atomic mass is 10.1. The Hall–Kier alpha value is -3.35. The van der Waals surface area contributed by atoms with Crippen LogP contribution in [0.15, 0.2) is 36.4 Å². The van der Waals surface area contributed by atoms with Gasteiger partial charge in [0.1, 0.15) is 11.5 Å². The average Bonchev–Trinajstić information content (AvgIpc) is 3.49. The number of nitrogens with zero attached hydrogens (tertiary/aromatic N) is 3. The highest BCUT2D eigenvalue weighted by Crippen LogP contribution is 2.45. The number of likely N-dealkylation sites (tertiary alicyclic amines) is 1. The first-order chi connectivity index (χ1) is 14.6. The van der Waals surface area contributed by atoms with Crippen LogP contribution in [0.5, 0.6) is 11.5 Å². The molecule has 0 N–H and O–H groups in total. The minimum absolute atomic E-state index is 0.0921. The summed E-state index contributed by atoms with van der Waals surface area (Å²) in [7, 11) is 3.17. The maximum atomic E-state index is 14.7. The molecule has 1 fully saturated rings. The number of hydrogen-bond donors (Lipinski definition) is 0. The largest absolute Gasteiger partial charge is 0.493 e. The van der Waals surface area contributed by atoms with Crippen LogP contribution >= 0.6 is 0 Å². The Kier molecular flexibility index (Phi) is 4.46. The van der Waals surface area contributed by atoms with Gasteiger partial charge in [0.25, 0.3) is 5.91 Å². The maximum absolute atomic E-state index is 14.7. The summed E-state index contributed by atoms with van der Waals surface area (Å²) in [5.41, 5.74) is 4.14. The number of amides is 1. The van der Waals surface area contributed by atoms with E-state index in [9.17, 15) is 9.18 Å². The molecule has 0 bridgehead atoms. The van der Waals surface area contributed by atoms with Gasteiger partial charge in [0.15, 0.2) is 17.2 Å². The molecule has 0 spiro atoms. The van der Waals surface area contributed by atoms with Crippen molar-refractivity contribution in [2.75, 3.05) is 27.3 Å². The summed E-state index contributed by atoms with van der Waals surface area (Å²) in [5, 5.41) is 4.62. The second-order valence-corrected chi connectivity index (χ2v) is 7.58. The van der Waals surface area contributed by atoms with Crippen molar-refractivity contribution >= 4 is 5.91 Å². The number of benzene rings is 2. The van der Waals surface area contributed by atoms with Crippen LogP contribution < -0.4 is 9.47 Å². The Morgan fingerprint density at radius 1 is 1.07 bits per heavy atom. The highest BCUT2D eigenvalue weighted by atomic mass is 19.1. The number of carbonyl (C=O) groups excluding carboxylic acids is 1. The number of ether oxygens (including phenoxy) is 2. The van der Waals surface area contributed by atoms with Crippen LogP contribution in [0.4, 0.5) is 4.39 Å². The summed E-state index contributed by atoms with van der Waals surface area (Å²) >= 11 is 0. The first-order valence-electron chi connectivity index (χ1n) is 10.0. The van der Waals surface area contributed by atoms with Crippen LogP contribution in [0.3, 0.4) is 0 Å². The zero-order chi connectivity index (χ0) is 20.8. The molecular weight excluding hydrogens is 385 g/mol. The molecule has 1 amide bonds. The van der Waals surface area contributed by atoms with E-state index >= 15 is 0 Å². The van der Waals surface area contributed by atoms with E-state index in [1.54, 1.807) is 37.1 Å². The molecule has 3 aromatic rings. The van der Waals surface area contributed by atoms with Gasteiger partial charge in [-0.2, -0.15) is 5.10 Å². The zero-order valence-corrected chi connectivity index (χ0v) is 16.9. The summed E-state index contributed by atoms with van der Waals surface area (Å²) in [6.45, 7) is 1.46. The van der Waals surface area contributed by atoms with Crippen LogP contribution in [0, 0.1) is 5.82 Å². The predicted molar refractivity (Wildman–Crippen MR) is 110 cm³/mol. The molecule has 6 nitrogen and oxygen atoms in total. The molecule has 0 radical (unpaired) electrons. The fraction of sp³-hybridized carbons (Fsp3) is 0.304. The fourth-order valence-electron chi connectivity index (χ4n) is 4.41. The van der Waals surface area contributed by atoms with E-state index in [0.29, 0.717) is 29.3 Å². The lowest BCUT2D eigenvalue weighted by molar-refractivity contribution is 0.0785. The Morgan fingerprint density at radius 2 is 1.77 bits per heavy atom. The maximum Gasteiger partial charge on any atom is 0.274 e. The molecule has 1 aromatic heterocycles. The molecule has 0 atom stereocenters. The van der Waals surface area contributed by atoms with Crippen LogP contribution in [0.25, 0.3) is 16.9 Å². The number of carbonyl (C=O) groups is 1. The summed E-state index contributed by atoms with van der Waals surface area (Å²) < 4.78 is 27.2. The SMILES string of the molecule is COc1cc2c(cc1OC)-c1c(c(C(=O)N3CCCC3)nn1-c1ccccc1F)C2. The van der Waals surface area contributed by atoms with E-state index < -0.39 is 5.82 Å². The minimum Gasteiger partial charge on any atom is -0.493 e. The quantitative estimate of drug-likeness (QED) is 0.516. The van der Waals surface area contributed by atoms with E-state index in [-0.39, 0.29) is 5.91 Å². The van der Waals surface area contributed by atoms with Crippen LogP contribution in [0.2, 0.25) is 0 Å². The predicted octanol–water partition coefficient (Wildman–Crippen LogP) is 3.84. The summed E-state index contributed by atoms with van der Waals surface area (Å²) in [4.78, 5) is 15.1. The van der Waals surface area contributed by atoms with Crippen molar-refractivity contribution in [3.8, 4) is 28.4 Å². The standard InChI is InChI=1S/C23H22FN3O3/c1-29-19-12-14-11-16-21(23(28)26-9-5-6-10-26)25-27(18-8-4-3-7-17(18)24)22(16)15(14)13-20(19)30-2/h3-4,7-8,12-13H,5-6,9-11H2,1-2H3. The zero-order valence-electron chi connectivity index (χ0n) is 16.9. The molecule has 2 aromatic carbocycles. The van der Waals surface area contributed by atoms with Crippen LogP contribution in [0.1, 0.15) is 34.5 Å². The van der Waals surface area contributed by atoms with Gasteiger partial charge in [-0.25, -0.2) is 9.07 Å². The Labute approximate surface area is 173 Å². The Bertz CT molecular complexity index is 1150. The highest BCUT2D eigenvalue weighted by molar-refractivity contribution is 5.97.